The van der Waals surface area contributed by atoms with Crippen LogP contribution in [-0.2, 0) is 9.30 Å². The Balaban J connectivity index is 0.000000681. The van der Waals surface area contributed by atoms with E-state index in [1.54, 1.807) is 28.7 Å². The number of pyridine rings is 1. The van der Waals surface area contributed by atoms with E-state index in [9.17, 15) is 13.6 Å². The van der Waals surface area contributed by atoms with Crippen molar-refractivity contribution in [1.82, 2.24) is 29.9 Å². The molecule has 5 rings (SSSR count). The number of nitrogens with one attached hydrogen (secondary N) is 2. The summed E-state index contributed by atoms with van der Waals surface area (Å²) in [4.78, 5) is 42.6. The normalized spacial score (nSPS) is 17.2. The van der Waals surface area contributed by atoms with Gasteiger partial charge in [0, 0.05) is 29.9 Å². The Morgan fingerprint density at radius 2 is 1.93 bits per heavy atom. The summed E-state index contributed by atoms with van der Waals surface area (Å²) < 4.78 is 44.8. The largest absolute Gasteiger partial charge is 0.466 e. The van der Waals surface area contributed by atoms with E-state index in [0.717, 1.165) is 43.4 Å². The quantitative estimate of drug-likeness (QED) is 0.154. The predicted molar refractivity (Wildman–Crippen MR) is 140 cm³/mol. The molecule has 1 aliphatic rings. The van der Waals surface area contributed by atoms with Gasteiger partial charge in [0.15, 0.2) is 5.82 Å². The first-order valence-corrected chi connectivity index (χ1v) is 14.5. The second kappa shape index (κ2) is 12.8. The van der Waals surface area contributed by atoms with Gasteiger partial charge < -0.3 is 24.7 Å². The lowest BCUT2D eigenvalue weighted by Gasteiger charge is -2.28. The van der Waals surface area contributed by atoms with Gasteiger partial charge in [-0.05, 0) is 44.7 Å². The second-order valence-electron chi connectivity index (χ2n) is 8.71. The third-order valence-corrected chi connectivity index (χ3v) is 6.81. The van der Waals surface area contributed by atoms with Gasteiger partial charge in [0.25, 0.3) is 5.91 Å². The van der Waals surface area contributed by atoms with Gasteiger partial charge >= 0.3 is 7.82 Å². The van der Waals surface area contributed by atoms with Crippen LogP contribution in [0.4, 0.5) is 14.5 Å². The first-order chi connectivity index (χ1) is 19.0. The Morgan fingerprint density at radius 1 is 1.20 bits per heavy atom. The predicted octanol–water partition coefficient (Wildman–Crippen LogP) is 3.91. The minimum absolute atomic E-state index is 0.0414. The summed E-state index contributed by atoms with van der Waals surface area (Å²) in [7, 11) is -4.64. The second-order valence-corrected chi connectivity index (χ2v) is 10.6. The Labute approximate surface area is 230 Å². The Morgan fingerprint density at radius 3 is 2.58 bits per heavy atom. The van der Waals surface area contributed by atoms with E-state index in [-0.39, 0.29) is 34.9 Å². The molecular weight excluding hydrogens is 571 g/mol. The zero-order chi connectivity index (χ0) is 28.9. The molecule has 0 spiro atoms. The molecule has 40 heavy (non-hydrogen) atoms. The molecule has 0 atom stereocenters. The molecule has 0 bridgehead atoms. The van der Waals surface area contributed by atoms with Crippen LogP contribution in [0, 0.1) is 11.8 Å². The van der Waals surface area contributed by atoms with E-state index < -0.39 is 25.5 Å². The number of ether oxygens (including phenoxy) is 1. The molecule has 214 valence electrons. The van der Waals surface area contributed by atoms with E-state index in [0.29, 0.717) is 11.6 Å². The molecule has 4 aromatic rings. The number of phosphoric acid groups is 1. The lowest BCUT2D eigenvalue weighted by molar-refractivity contribution is 0.0260. The van der Waals surface area contributed by atoms with Crippen molar-refractivity contribution in [3.05, 3.63) is 53.6 Å². The molecule has 1 aliphatic carbocycles. The van der Waals surface area contributed by atoms with Crippen molar-refractivity contribution in [3.63, 3.8) is 0 Å². The fourth-order valence-electron chi connectivity index (χ4n) is 4.21. The number of anilines is 1. The summed E-state index contributed by atoms with van der Waals surface area (Å²) >= 11 is 1.30. The lowest BCUT2D eigenvalue weighted by atomic mass is 9.93. The van der Waals surface area contributed by atoms with E-state index in [1.165, 1.54) is 11.3 Å². The van der Waals surface area contributed by atoms with Crippen molar-refractivity contribution >= 4 is 30.8 Å². The maximum atomic E-state index is 14.6. The van der Waals surface area contributed by atoms with Crippen LogP contribution in [-0.4, -0.2) is 63.2 Å². The van der Waals surface area contributed by atoms with Crippen LogP contribution in [0.15, 0.2) is 36.1 Å². The van der Waals surface area contributed by atoms with Crippen LogP contribution in [0.25, 0.3) is 22.0 Å². The summed E-state index contributed by atoms with van der Waals surface area (Å²) in [5.41, 5.74) is 0.981. The van der Waals surface area contributed by atoms with Gasteiger partial charge in [-0.3, -0.25) is 14.6 Å². The van der Waals surface area contributed by atoms with Crippen molar-refractivity contribution in [2.24, 2.45) is 0 Å². The summed E-state index contributed by atoms with van der Waals surface area (Å²) in [6.07, 6.45) is 8.53. The third-order valence-electron chi connectivity index (χ3n) is 5.92. The first-order valence-electron chi connectivity index (χ1n) is 12.1. The van der Waals surface area contributed by atoms with E-state index >= 15 is 0 Å². The van der Waals surface area contributed by atoms with Crippen molar-refractivity contribution in [2.45, 2.75) is 44.8 Å². The minimum Gasteiger partial charge on any atom is -0.379 e. The molecule has 13 nitrogen and oxygen atoms in total. The summed E-state index contributed by atoms with van der Waals surface area (Å²) in [5.74, 6) is -2.06. The van der Waals surface area contributed by atoms with Crippen LogP contribution in [0.3, 0.4) is 0 Å². The standard InChI is InChI=1S/C23H23F2N7O2S.H3O4P/c1-2-34-15-5-3-14(4-6-15)32-11-17(21(31-32)20-16(24)7-8-19(25)30-20)28-22(33)18-12-35-23(29-18)13-9-26-27-10-13;1-5(2,3)4/h7-12,14-15H,2-6H2,1H3,(H,26,27)(H,28,33);(H3,1,2,3,4). The zero-order valence-electron chi connectivity index (χ0n) is 21.1. The number of carbonyl (C=O) groups excluding carboxylic acids is 1. The van der Waals surface area contributed by atoms with Crippen molar-refractivity contribution in [1.29, 1.82) is 0 Å². The molecule has 1 fully saturated rings. The average molecular weight is 598 g/mol. The number of aromatic amines is 1. The third kappa shape index (κ3) is 7.84. The monoisotopic (exact) mass is 597 g/mol. The number of amides is 1. The zero-order valence-corrected chi connectivity index (χ0v) is 22.8. The number of hydrogen-bond acceptors (Lipinski definition) is 8. The molecule has 1 saturated carbocycles. The smallest absolute Gasteiger partial charge is 0.379 e. The summed E-state index contributed by atoms with van der Waals surface area (Å²) in [6, 6.07) is 1.97. The van der Waals surface area contributed by atoms with Gasteiger partial charge in [0.2, 0.25) is 5.95 Å². The number of aromatic nitrogens is 6. The number of nitrogens with zero attached hydrogens (tertiary/aromatic N) is 5. The minimum atomic E-state index is -4.64. The van der Waals surface area contributed by atoms with E-state index in [1.807, 2.05) is 6.92 Å². The molecule has 0 radical (unpaired) electrons. The maximum absolute atomic E-state index is 14.6. The highest BCUT2D eigenvalue weighted by Crippen LogP contribution is 2.34. The van der Waals surface area contributed by atoms with Crippen LogP contribution >= 0.6 is 19.2 Å². The number of halogens is 2. The van der Waals surface area contributed by atoms with Crippen molar-refractivity contribution in [2.75, 3.05) is 11.9 Å². The van der Waals surface area contributed by atoms with Crippen LogP contribution < -0.4 is 5.32 Å². The van der Waals surface area contributed by atoms with Crippen molar-refractivity contribution < 1.29 is 37.6 Å². The number of carbonyl (C=O) groups is 1. The van der Waals surface area contributed by atoms with Gasteiger partial charge in [-0.15, -0.1) is 11.3 Å². The molecule has 1 amide bonds. The fourth-order valence-corrected chi connectivity index (χ4v) is 4.99. The molecule has 4 aromatic heterocycles. The highest BCUT2D eigenvalue weighted by molar-refractivity contribution is 7.45. The molecule has 0 aliphatic heterocycles. The molecule has 0 aromatic carbocycles. The highest BCUT2D eigenvalue weighted by Gasteiger charge is 2.27. The average Bonchev–Trinajstić information content (AvgIpc) is 3.66. The molecular formula is C23H26F2N7O6PS. The number of rotatable bonds is 7. The molecule has 0 unspecified atom stereocenters. The lowest BCUT2D eigenvalue weighted by Crippen LogP contribution is -2.24. The Kier molecular flexibility index (Phi) is 9.50. The number of hydrogen-bond donors (Lipinski definition) is 5. The summed E-state index contributed by atoms with van der Waals surface area (Å²) in [6.45, 7) is 2.64. The maximum Gasteiger partial charge on any atom is 0.466 e. The molecule has 0 saturated heterocycles. The van der Waals surface area contributed by atoms with Crippen LogP contribution in [0.2, 0.25) is 0 Å². The number of thiazole rings is 1. The highest BCUT2D eigenvalue weighted by atomic mass is 32.1. The fraction of sp³-hybridized carbons (Fsp3) is 0.348. The van der Waals surface area contributed by atoms with E-state index in [2.05, 4.69) is 30.6 Å². The Bertz CT molecular complexity index is 1480. The topological polar surface area (TPSA) is 188 Å². The molecule has 17 heteroatoms. The van der Waals surface area contributed by atoms with Gasteiger partial charge in [0.1, 0.15) is 22.1 Å². The van der Waals surface area contributed by atoms with Gasteiger partial charge in [-0.2, -0.15) is 14.6 Å². The molecule has 4 heterocycles. The summed E-state index contributed by atoms with van der Waals surface area (Å²) in [5, 5.41) is 16.1. The van der Waals surface area contributed by atoms with E-state index in [4.69, 9.17) is 24.0 Å². The first kappa shape index (κ1) is 29.6. The van der Waals surface area contributed by atoms with Gasteiger partial charge in [-0.25, -0.2) is 18.9 Å². The van der Waals surface area contributed by atoms with Crippen LogP contribution in [0.1, 0.15) is 49.1 Å². The number of H-pyrrole nitrogens is 1. The molecule has 5 N–H and O–H groups in total. The van der Waals surface area contributed by atoms with Gasteiger partial charge in [-0.1, -0.05) is 0 Å². The van der Waals surface area contributed by atoms with Crippen molar-refractivity contribution in [3.8, 4) is 22.0 Å². The Hall–Kier alpha value is -3.40. The van der Waals surface area contributed by atoms with Crippen LogP contribution in [0.5, 0.6) is 0 Å². The SMILES string of the molecule is CCOC1CCC(n2cc(NC(=O)c3csc(-c4cn[nH]c4)n3)c(-c3nc(F)ccc3F)n2)CC1.O=P(O)(O)O. The van der Waals surface area contributed by atoms with Gasteiger partial charge in [0.05, 0.1) is 24.0 Å².